The maximum absolute atomic E-state index is 12.2. The molecule has 1 aromatic heterocycles. The molecule has 0 unspecified atom stereocenters. The van der Waals surface area contributed by atoms with Crippen molar-refractivity contribution in [3.8, 4) is 22.1 Å². The molecule has 0 aliphatic rings. The van der Waals surface area contributed by atoms with Gasteiger partial charge >= 0.3 is 0 Å². The standard InChI is InChI=1S/C20H21N3O3S/c1-13-12-14(4-10-17(13)26-3)5-11-18(24)21-20-23-22-19(27-20)15-6-8-16(25-2)9-7-15/h4,6-10,12H,5,11H2,1-3H3,(H,21,23,24). The van der Waals surface area contributed by atoms with Gasteiger partial charge in [-0.2, -0.15) is 0 Å². The molecule has 7 heteroatoms. The predicted octanol–water partition coefficient (Wildman–Crippen LogP) is 4.10. The van der Waals surface area contributed by atoms with Gasteiger partial charge in [-0.05, 0) is 54.8 Å². The highest BCUT2D eigenvalue weighted by atomic mass is 32.1. The van der Waals surface area contributed by atoms with Gasteiger partial charge < -0.3 is 14.8 Å². The summed E-state index contributed by atoms with van der Waals surface area (Å²) in [6.45, 7) is 1.99. The molecule has 0 fully saturated rings. The molecule has 0 aliphatic carbocycles. The third kappa shape index (κ3) is 4.83. The molecule has 0 spiro atoms. The van der Waals surface area contributed by atoms with E-state index in [0.717, 1.165) is 33.2 Å². The second-order valence-electron chi connectivity index (χ2n) is 5.99. The van der Waals surface area contributed by atoms with Crippen molar-refractivity contribution in [1.29, 1.82) is 0 Å². The molecule has 0 saturated carbocycles. The average Bonchev–Trinajstić information content (AvgIpc) is 3.15. The molecule has 140 valence electrons. The number of hydrogen-bond acceptors (Lipinski definition) is 6. The summed E-state index contributed by atoms with van der Waals surface area (Å²) >= 11 is 1.35. The predicted molar refractivity (Wildman–Crippen MR) is 107 cm³/mol. The molecule has 3 rings (SSSR count). The molecule has 3 aromatic rings. The van der Waals surface area contributed by atoms with Gasteiger partial charge in [0.25, 0.3) is 0 Å². The molecule has 27 heavy (non-hydrogen) atoms. The zero-order valence-electron chi connectivity index (χ0n) is 15.5. The smallest absolute Gasteiger partial charge is 0.226 e. The molecule has 0 radical (unpaired) electrons. The van der Waals surface area contributed by atoms with Gasteiger partial charge in [0, 0.05) is 12.0 Å². The summed E-state index contributed by atoms with van der Waals surface area (Å²) in [5.74, 6) is 1.55. The maximum Gasteiger partial charge on any atom is 0.226 e. The van der Waals surface area contributed by atoms with Crippen LogP contribution in [0.15, 0.2) is 42.5 Å². The van der Waals surface area contributed by atoms with Crippen LogP contribution in [0.4, 0.5) is 5.13 Å². The van der Waals surface area contributed by atoms with Gasteiger partial charge in [-0.15, -0.1) is 10.2 Å². The lowest BCUT2D eigenvalue weighted by atomic mass is 10.1. The second-order valence-corrected chi connectivity index (χ2v) is 6.97. The number of aromatic nitrogens is 2. The van der Waals surface area contributed by atoms with Crippen LogP contribution in [0.5, 0.6) is 11.5 Å². The molecule has 0 atom stereocenters. The van der Waals surface area contributed by atoms with E-state index in [4.69, 9.17) is 9.47 Å². The summed E-state index contributed by atoms with van der Waals surface area (Å²) in [6.07, 6.45) is 1.03. The van der Waals surface area contributed by atoms with E-state index < -0.39 is 0 Å². The van der Waals surface area contributed by atoms with Gasteiger partial charge in [0.2, 0.25) is 11.0 Å². The average molecular weight is 383 g/mol. The summed E-state index contributed by atoms with van der Waals surface area (Å²) in [6, 6.07) is 13.5. The van der Waals surface area contributed by atoms with E-state index >= 15 is 0 Å². The van der Waals surface area contributed by atoms with Crippen LogP contribution in [0.2, 0.25) is 0 Å². The number of carbonyl (C=O) groups excluding carboxylic acids is 1. The Balaban J connectivity index is 1.56. The summed E-state index contributed by atoms with van der Waals surface area (Å²) in [7, 11) is 3.28. The van der Waals surface area contributed by atoms with Crippen molar-refractivity contribution in [1.82, 2.24) is 10.2 Å². The van der Waals surface area contributed by atoms with E-state index in [9.17, 15) is 4.79 Å². The molecular formula is C20H21N3O3S. The maximum atomic E-state index is 12.2. The molecule has 1 heterocycles. The minimum absolute atomic E-state index is 0.0825. The summed E-state index contributed by atoms with van der Waals surface area (Å²) in [4.78, 5) is 12.2. The number of methoxy groups -OCH3 is 2. The molecule has 6 nitrogen and oxygen atoms in total. The molecule has 0 bridgehead atoms. The van der Waals surface area contributed by atoms with Crippen molar-refractivity contribution < 1.29 is 14.3 Å². The number of amides is 1. The fraction of sp³-hybridized carbons (Fsp3) is 0.250. The van der Waals surface area contributed by atoms with Gasteiger partial charge in [0.1, 0.15) is 16.5 Å². The molecule has 1 amide bonds. The van der Waals surface area contributed by atoms with E-state index in [1.165, 1.54) is 11.3 Å². The van der Waals surface area contributed by atoms with Crippen molar-refractivity contribution in [2.24, 2.45) is 0 Å². The van der Waals surface area contributed by atoms with Crippen LogP contribution in [0.1, 0.15) is 17.5 Å². The summed E-state index contributed by atoms with van der Waals surface area (Å²) in [5.41, 5.74) is 3.09. The van der Waals surface area contributed by atoms with E-state index in [0.29, 0.717) is 18.0 Å². The summed E-state index contributed by atoms with van der Waals surface area (Å²) in [5, 5.41) is 12.3. The Hall–Kier alpha value is -2.93. The second kappa shape index (κ2) is 8.64. The normalized spacial score (nSPS) is 10.5. The first kappa shape index (κ1) is 18.8. The van der Waals surface area contributed by atoms with Crippen molar-refractivity contribution >= 4 is 22.4 Å². The minimum Gasteiger partial charge on any atom is -0.497 e. The van der Waals surface area contributed by atoms with Crippen LogP contribution in [0, 0.1) is 6.92 Å². The molecule has 0 aliphatic heterocycles. The lowest BCUT2D eigenvalue weighted by Gasteiger charge is -2.07. The number of rotatable bonds is 7. The van der Waals surface area contributed by atoms with Crippen LogP contribution in [-0.4, -0.2) is 30.3 Å². The largest absolute Gasteiger partial charge is 0.497 e. The third-order valence-corrected chi connectivity index (χ3v) is 5.00. The Morgan fingerprint density at radius 1 is 1.07 bits per heavy atom. The van der Waals surface area contributed by atoms with E-state index in [1.807, 2.05) is 49.4 Å². The van der Waals surface area contributed by atoms with Crippen LogP contribution < -0.4 is 14.8 Å². The summed E-state index contributed by atoms with van der Waals surface area (Å²) < 4.78 is 10.4. The van der Waals surface area contributed by atoms with E-state index in [1.54, 1.807) is 14.2 Å². The number of nitrogens with zero attached hydrogens (tertiary/aromatic N) is 2. The zero-order chi connectivity index (χ0) is 19.2. The van der Waals surface area contributed by atoms with Crippen molar-refractivity contribution in [2.75, 3.05) is 19.5 Å². The minimum atomic E-state index is -0.0825. The Morgan fingerprint density at radius 3 is 2.52 bits per heavy atom. The number of nitrogens with one attached hydrogen (secondary N) is 1. The number of carbonyl (C=O) groups is 1. The van der Waals surface area contributed by atoms with Gasteiger partial charge in [-0.25, -0.2) is 0 Å². The molecule has 2 aromatic carbocycles. The third-order valence-electron chi connectivity index (χ3n) is 4.11. The highest BCUT2D eigenvalue weighted by Gasteiger charge is 2.10. The van der Waals surface area contributed by atoms with Crippen LogP contribution in [0.3, 0.4) is 0 Å². The zero-order valence-corrected chi connectivity index (χ0v) is 16.3. The molecular weight excluding hydrogens is 362 g/mol. The lowest BCUT2D eigenvalue weighted by molar-refractivity contribution is -0.116. The number of hydrogen-bond donors (Lipinski definition) is 1. The van der Waals surface area contributed by atoms with Crippen molar-refractivity contribution in [2.45, 2.75) is 19.8 Å². The first-order valence-electron chi connectivity index (χ1n) is 8.50. The number of ether oxygens (including phenoxy) is 2. The Labute approximate surface area is 162 Å². The molecule has 1 N–H and O–H groups in total. The van der Waals surface area contributed by atoms with Gasteiger partial charge in [-0.1, -0.05) is 23.5 Å². The number of benzene rings is 2. The highest BCUT2D eigenvalue weighted by Crippen LogP contribution is 2.28. The van der Waals surface area contributed by atoms with Crippen molar-refractivity contribution in [3.05, 3.63) is 53.6 Å². The van der Waals surface area contributed by atoms with Crippen LogP contribution in [-0.2, 0) is 11.2 Å². The quantitative estimate of drug-likeness (QED) is 0.665. The topological polar surface area (TPSA) is 73.3 Å². The SMILES string of the molecule is COc1ccc(-c2nnc(NC(=O)CCc3ccc(OC)c(C)c3)s2)cc1. The molecule has 0 saturated heterocycles. The van der Waals surface area contributed by atoms with Crippen LogP contribution >= 0.6 is 11.3 Å². The van der Waals surface area contributed by atoms with Gasteiger partial charge in [0.05, 0.1) is 14.2 Å². The van der Waals surface area contributed by atoms with E-state index in [2.05, 4.69) is 15.5 Å². The first-order chi connectivity index (χ1) is 13.1. The Morgan fingerprint density at radius 2 is 1.85 bits per heavy atom. The Kier molecular flexibility index (Phi) is 6.03. The monoisotopic (exact) mass is 383 g/mol. The lowest BCUT2D eigenvalue weighted by Crippen LogP contribution is -2.12. The number of aryl methyl sites for hydroxylation is 2. The van der Waals surface area contributed by atoms with Gasteiger partial charge in [0.15, 0.2) is 0 Å². The van der Waals surface area contributed by atoms with E-state index in [-0.39, 0.29) is 5.91 Å². The highest BCUT2D eigenvalue weighted by molar-refractivity contribution is 7.18. The van der Waals surface area contributed by atoms with Crippen LogP contribution in [0.25, 0.3) is 10.6 Å². The fourth-order valence-corrected chi connectivity index (χ4v) is 3.42. The van der Waals surface area contributed by atoms with Crippen molar-refractivity contribution in [3.63, 3.8) is 0 Å². The fourth-order valence-electron chi connectivity index (χ4n) is 2.66. The van der Waals surface area contributed by atoms with Gasteiger partial charge in [-0.3, -0.25) is 4.79 Å². The Bertz CT molecular complexity index is 922. The first-order valence-corrected chi connectivity index (χ1v) is 9.32. The number of anilines is 1.